The number of esters is 1. The van der Waals surface area contributed by atoms with Gasteiger partial charge in [-0.25, -0.2) is 5.06 Å². The van der Waals surface area contributed by atoms with Crippen molar-refractivity contribution in [1.29, 1.82) is 0 Å². The first-order valence-corrected chi connectivity index (χ1v) is 5.71. The van der Waals surface area contributed by atoms with Crippen molar-refractivity contribution in [2.75, 3.05) is 13.7 Å². The molecular formula is C11H18N2O5. The molecule has 1 fully saturated rings. The fraction of sp³-hybridized carbons (Fsp3) is 0.727. The van der Waals surface area contributed by atoms with Crippen molar-refractivity contribution < 1.29 is 24.0 Å². The van der Waals surface area contributed by atoms with E-state index in [1.165, 1.54) is 26.0 Å². The third-order valence-corrected chi connectivity index (χ3v) is 2.65. The highest BCUT2D eigenvalue weighted by atomic mass is 16.7. The molecule has 18 heavy (non-hydrogen) atoms. The lowest BCUT2D eigenvalue weighted by atomic mass is 10.1. The maximum atomic E-state index is 11.4. The average Bonchev–Trinajstić information content (AvgIpc) is 2.69. The molecule has 0 aromatic carbocycles. The highest BCUT2D eigenvalue weighted by Gasteiger charge is 2.36. The van der Waals surface area contributed by atoms with Gasteiger partial charge in [-0.15, -0.1) is 0 Å². The summed E-state index contributed by atoms with van der Waals surface area (Å²) in [6.45, 7) is 3.09. The second-order valence-electron chi connectivity index (χ2n) is 4.18. The molecule has 0 aliphatic carbocycles. The van der Waals surface area contributed by atoms with Gasteiger partial charge in [0.15, 0.2) is 0 Å². The molecule has 0 spiro atoms. The van der Waals surface area contributed by atoms with Crippen LogP contribution in [0.2, 0.25) is 0 Å². The van der Waals surface area contributed by atoms with E-state index in [2.05, 4.69) is 10.1 Å². The predicted molar refractivity (Wildman–Crippen MR) is 61.1 cm³/mol. The van der Waals surface area contributed by atoms with Crippen molar-refractivity contribution in [3.05, 3.63) is 0 Å². The van der Waals surface area contributed by atoms with Gasteiger partial charge >= 0.3 is 5.97 Å². The maximum absolute atomic E-state index is 11.4. The number of nitrogens with zero attached hydrogens (tertiary/aromatic N) is 1. The summed E-state index contributed by atoms with van der Waals surface area (Å²) in [4.78, 5) is 38.8. The number of rotatable bonds is 4. The standard InChI is InChI=1S/C11H18N2O5/c1-7(14)12-6-10-4-9(5-11(16)17-3)13(18-10)8(2)15/h9-10H,4-6H2,1-3H3,(H,12,14)/t9-,10-/m1/s1. The first kappa shape index (κ1) is 14.4. The summed E-state index contributed by atoms with van der Waals surface area (Å²) in [5.74, 6) is -0.825. The third-order valence-electron chi connectivity index (χ3n) is 2.65. The lowest BCUT2D eigenvalue weighted by Gasteiger charge is -2.20. The van der Waals surface area contributed by atoms with E-state index in [0.29, 0.717) is 13.0 Å². The van der Waals surface area contributed by atoms with Crippen LogP contribution in [0.1, 0.15) is 26.7 Å². The molecule has 1 saturated heterocycles. The van der Waals surface area contributed by atoms with Crippen LogP contribution in [0.4, 0.5) is 0 Å². The van der Waals surface area contributed by atoms with Gasteiger partial charge in [0.2, 0.25) is 11.8 Å². The monoisotopic (exact) mass is 258 g/mol. The van der Waals surface area contributed by atoms with Gasteiger partial charge in [-0.3, -0.25) is 19.2 Å². The topological polar surface area (TPSA) is 84.9 Å². The predicted octanol–water partition coefficient (Wildman–Crippen LogP) is -0.393. The Morgan fingerprint density at radius 1 is 1.39 bits per heavy atom. The second-order valence-corrected chi connectivity index (χ2v) is 4.18. The van der Waals surface area contributed by atoms with E-state index in [9.17, 15) is 14.4 Å². The molecule has 1 heterocycles. The van der Waals surface area contributed by atoms with Crippen molar-refractivity contribution >= 4 is 17.8 Å². The van der Waals surface area contributed by atoms with E-state index in [1.807, 2.05) is 0 Å². The van der Waals surface area contributed by atoms with Gasteiger partial charge in [-0.2, -0.15) is 0 Å². The molecule has 0 unspecified atom stereocenters. The number of hydroxylamine groups is 2. The number of hydrogen-bond donors (Lipinski definition) is 1. The van der Waals surface area contributed by atoms with Gasteiger partial charge in [-0.05, 0) is 0 Å². The Labute approximate surface area is 105 Å². The van der Waals surface area contributed by atoms with Crippen LogP contribution in [0.3, 0.4) is 0 Å². The molecule has 0 aromatic heterocycles. The van der Waals surface area contributed by atoms with Crippen LogP contribution in [0.15, 0.2) is 0 Å². The van der Waals surface area contributed by atoms with Gasteiger partial charge in [-0.1, -0.05) is 0 Å². The number of hydrogen-bond acceptors (Lipinski definition) is 5. The van der Waals surface area contributed by atoms with E-state index in [-0.39, 0.29) is 30.4 Å². The molecule has 1 N–H and O–H groups in total. The van der Waals surface area contributed by atoms with E-state index < -0.39 is 5.97 Å². The highest BCUT2D eigenvalue weighted by molar-refractivity contribution is 5.75. The molecule has 7 nitrogen and oxygen atoms in total. The lowest BCUT2D eigenvalue weighted by molar-refractivity contribution is -0.186. The molecule has 1 rings (SSSR count). The molecule has 0 bridgehead atoms. The summed E-state index contributed by atoms with van der Waals surface area (Å²) >= 11 is 0. The van der Waals surface area contributed by atoms with E-state index >= 15 is 0 Å². The van der Waals surface area contributed by atoms with Crippen LogP contribution < -0.4 is 5.32 Å². The summed E-state index contributed by atoms with van der Waals surface area (Å²) in [5.41, 5.74) is 0. The van der Waals surface area contributed by atoms with Gasteiger partial charge in [0.1, 0.15) is 6.10 Å². The van der Waals surface area contributed by atoms with Gasteiger partial charge < -0.3 is 10.1 Å². The number of carbonyl (C=O) groups is 3. The third kappa shape index (κ3) is 3.99. The van der Waals surface area contributed by atoms with Crippen molar-refractivity contribution in [1.82, 2.24) is 10.4 Å². The molecule has 102 valence electrons. The Hall–Kier alpha value is -1.63. The number of nitrogens with one attached hydrogen (secondary N) is 1. The minimum Gasteiger partial charge on any atom is -0.469 e. The molecule has 7 heteroatoms. The SMILES string of the molecule is COC(=O)C[C@H]1C[C@H](CNC(C)=O)ON1C(C)=O. The van der Waals surface area contributed by atoms with Crippen LogP contribution >= 0.6 is 0 Å². The molecule has 2 amide bonds. The lowest BCUT2D eigenvalue weighted by Crippen LogP contribution is -2.35. The smallest absolute Gasteiger partial charge is 0.307 e. The zero-order valence-electron chi connectivity index (χ0n) is 10.8. The Morgan fingerprint density at radius 2 is 2.06 bits per heavy atom. The molecular weight excluding hydrogens is 240 g/mol. The summed E-state index contributed by atoms with van der Waals surface area (Å²) < 4.78 is 4.57. The first-order chi connectivity index (χ1) is 8.43. The van der Waals surface area contributed by atoms with E-state index in [4.69, 9.17) is 4.84 Å². The van der Waals surface area contributed by atoms with Gasteiger partial charge in [0, 0.05) is 26.8 Å². The molecule has 1 aliphatic heterocycles. The first-order valence-electron chi connectivity index (χ1n) is 5.71. The normalized spacial score (nSPS) is 22.7. The zero-order valence-corrected chi connectivity index (χ0v) is 10.8. The van der Waals surface area contributed by atoms with E-state index in [0.717, 1.165) is 0 Å². The van der Waals surface area contributed by atoms with Crippen molar-refractivity contribution in [3.8, 4) is 0 Å². The minimum atomic E-state index is -0.393. The fourth-order valence-electron chi connectivity index (χ4n) is 1.84. The molecule has 0 aromatic rings. The number of carbonyl (C=O) groups excluding carboxylic acids is 3. The highest BCUT2D eigenvalue weighted by Crippen LogP contribution is 2.23. The zero-order chi connectivity index (χ0) is 13.7. The maximum Gasteiger partial charge on any atom is 0.307 e. The van der Waals surface area contributed by atoms with Gasteiger partial charge in [0.05, 0.1) is 19.6 Å². The second kappa shape index (κ2) is 6.34. The minimum absolute atomic E-state index is 0.0899. The Morgan fingerprint density at radius 3 is 2.56 bits per heavy atom. The van der Waals surface area contributed by atoms with Crippen LogP contribution in [-0.4, -0.2) is 48.6 Å². The summed E-state index contributed by atoms with van der Waals surface area (Å²) in [5, 5.41) is 3.80. The molecule has 2 atom stereocenters. The quantitative estimate of drug-likeness (QED) is 0.694. The number of ether oxygens (including phenoxy) is 1. The summed E-state index contributed by atoms with van der Waals surface area (Å²) in [6, 6.07) is -0.339. The Balaban J connectivity index is 2.56. The Bertz CT molecular complexity index is 344. The van der Waals surface area contributed by atoms with Gasteiger partial charge in [0.25, 0.3) is 0 Å². The summed E-state index contributed by atoms with van der Waals surface area (Å²) in [7, 11) is 1.30. The van der Waals surface area contributed by atoms with Crippen LogP contribution in [0, 0.1) is 0 Å². The van der Waals surface area contributed by atoms with Crippen LogP contribution in [-0.2, 0) is 24.0 Å². The average molecular weight is 258 g/mol. The van der Waals surface area contributed by atoms with Crippen LogP contribution in [0.5, 0.6) is 0 Å². The van der Waals surface area contributed by atoms with E-state index in [1.54, 1.807) is 0 Å². The van der Waals surface area contributed by atoms with Crippen molar-refractivity contribution in [2.45, 2.75) is 38.8 Å². The number of amides is 2. The summed E-state index contributed by atoms with van der Waals surface area (Å²) in [6.07, 6.45) is 0.286. The molecule has 0 radical (unpaired) electrons. The van der Waals surface area contributed by atoms with Crippen molar-refractivity contribution in [2.24, 2.45) is 0 Å². The number of methoxy groups -OCH3 is 1. The Kier molecular flexibility index (Phi) is 5.08. The molecule has 0 saturated carbocycles. The largest absolute Gasteiger partial charge is 0.469 e. The molecule has 1 aliphatic rings. The fourth-order valence-corrected chi connectivity index (χ4v) is 1.84. The van der Waals surface area contributed by atoms with Crippen molar-refractivity contribution in [3.63, 3.8) is 0 Å². The van der Waals surface area contributed by atoms with Crippen LogP contribution in [0.25, 0.3) is 0 Å².